The topological polar surface area (TPSA) is 48.9 Å². The molecule has 0 radical (unpaired) electrons. The van der Waals surface area contributed by atoms with Crippen LogP contribution in [0.5, 0.6) is 0 Å². The molecule has 0 unspecified atom stereocenters. The average Bonchev–Trinajstić information content (AvgIpc) is 2.59. The van der Waals surface area contributed by atoms with Crippen LogP contribution in [0.2, 0.25) is 10.0 Å². The van der Waals surface area contributed by atoms with E-state index < -0.39 is 0 Å². The largest absolute Gasteiger partial charge is 0.379 e. The summed E-state index contributed by atoms with van der Waals surface area (Å²) in [5.74, 6) is 0. The molecule has 24 heavy (non-hydrogen) atoms. The van der Waals surface area contributed by atoms with Gasteiger partial charge in [-0.1, -0.05) is 23.2 Å². The van der Waals surface area contributed by atoms with E-state index in [9.17, 15) is 0 Å². The number of ether oxygens (including phenoxy) is 1. The number of halogens is 2. The highest BCUT2D eigenvalue weighted by Gasteiger charge is 2.09. The van der Waals surface area contributed by atoms with E-state index in [0.717, 1.165) is 57.1 Å². The summed E-state index contributed by atoms with van der Waals surface area (Å²) in [6.45, 7) is 7.36. The molecule has 0 amide bonds. The quantitative estimate of drug-likeness (QED) is 0.339. The summed E-state index contributed by atoms with van der Waals surface area (Å²) in [5.41, 5.74) is 4.35. The van der Waals surface area contributed by atoms with E-state index in [1.165, 1.54) is 0 Å². The molecule has 132 valence electrons. The van der Waals surface area contributed by atoms with Crippen LogP contribution < -0.4 is 10.7 Å². The molecule has 1 heterocycles. The summed E-state index contributed by atoms with van der Waals surface area (Å²) in [6, 6.07) is 5.28. The molecule has 1 aliphatic rings. The van der Waals surface area contributed by atoms with Crippen molar-refractivity contribution in [3.05, 3.63) is 33.8 Å². The van der Waals surface area contributed by atoms with E-state index >= 15 is 0 Å². The second-order valence-electron chi connectivity index (χ2n) is 5.50. The molecule has 5 nitrogen and oxygen atoms in total. The zero-order chi connectivity index (χ0) is 17.4. The monoisotopic (exact) mass is 388 g/mol. The van der Waals surface area contributed by atoms with Gasteiger partial charge in [-0.3, -0.25) is 10.3 Å². The van der Waals surface area contributed by atoms with Crippen molar-refractivity contribution in [1.29, 1.82) is 0 Å². The van der Waals surface area contributed by atoms with Crippen LogP contribution in [0.4, 0.5) is 0 Å². The van der Waals surface area contributed by atoms with Gasteiger partial charge in [0.05, 0.1) is 18.9 Å². The van der Waals surface area contributed by atoms with Gasteiger partial charge in [0.1, 0.15) is 0 Å². The smallest absolute Gasteiger partial charge is 0.186 e. The first-order valence-electron chi connectivity index (χ1n) is 7.90. The lowest BCUT2D eigenvalue weighted by atomic mass is 10.1. The third kappa shape index (κ3) is 6.53. The number of hydrazone groups is 1. The van der Waals surface area contributed by atoms with Crippen LogP contribution >= 0.6 is 35.4 Å². The summed E-state index contributed by atoms with van der Waals surface area (Å²) in [5, 5.41) is 9.13. The van der Waals surface area contributed by atoms with Crippen LogP contribution in [0, 0.1) is 0 Å². The van der Waals surface area contributed by atoms with Crippen LogP contribution in [0.3, 0.4) is 0 Å². The Labute approximate surface area is 158 Å². The van der Waals surface area contributed by atoms with Gasteiger partial charge in [0.15, 0.2) is 5.11 Å². The molecule has 0 saturated carbocycles. The summed E-state index contributed by atoms with van der Waals surface area (Å²) in [7, 11) is 0. The molecule has 2 rings (SSSR count). The number of nitrogens with zero attached hydrogens (tertiary/aromatic N) is 2. The van der Waals surface area contributed by atoms with Crippen LogP contribution in [0.15, 0.2) is 23.3 Å². The Bertz CT molecular complexity index is 591. The minimum absolute atomic E-state index is 0.495. The summed E-state index contributed by atoms with van der Waals surface area (Å²) in [6.07, 6.45) is 1.02. The fourth-order valence-corrected chi connectivity index (χ4v) is 2.91. The zero-order valence-electron chi connectivity index (χ0n) is 13.6. The predicted octanol–water partition coefficient (Wildman–Crippen LogP) is 2.90. The molecule has 1 aromatic rings. The van der Waals surface area contributed by atoms with Gasteiger partial charge in [0, 0.05) is 35.2 Å². The predicted molar refractivity (Wildman–Crippen MR) is 104 cm³/mol. The third-order valence-electron chi connectivity index (χ3n) is 3.68. The van der Waals surface area contributed by atoms with E-state index in [4.69, 9.17) is 40.2 Å². The molecule has 1 aliphatic heterocycles. The maximum Gasteiger partial charge on any atom is 0.186 e. The molecule has 0 aliphatic carbocycles. The Morgan fingerprint density at radius 1 is 1.33 bits per heavy atom. The van der Waals surface area contributed by atoms with Crippen molar-refractivity contribution in [3.63, 3.8) is 0 Å². The van der Waals surface area contributed by atoms with Gasteiger partial charge in [-0.2, -0.15) is 5.10 Å². The number of benzene rings is 1. The number of nitrogens with one attached hydrogen (secondary N) is 2. The molecule has 1 fully saturated rings. The number of morpholine rings is 1. The first-order valence-corrected chi connectivity index (χ1v) is 9.06. The Kier molecular flexibility index (Phi) is 8.21. The molecule has 8 heteroatoms. The van der Waals surface area contributed by atoms with Gasteiger partial charge in [0.2, 0.25) is 0 Å². The summed E-state index contributed by atoms with van der Waals surface area (Å²) in [4.78, 5) is 2.39. The lowest BCUT2D eigenvalue weighted by molar-refractivity contribution is 0.0376. The maximum atomic E-state index is 6.15. The number of rotatable bonds is 6. The minimum Gasteiger partial charge on any atom is -0.379 e. The molecule has 0 aromatic heterocycles. The fourth-order valence-electron chi connectivity index (χ4n) is 2.34. The minimum atomic E-state index is 0.495. The highest BCUT2D eigenvalue weighted by molar-refractivity contribution is 7.80. The molecule has 1 aromatic carbocycles. The van der Waals surface area contributed by atoms with E-state index in [1.807, 2.05) is 6.92 Å². The first kappa shape index (κ1) is 19.4. The van der Waals surface area contributed by atoms with Gasteiger partial charge in [-0.05, 0) is 50.3 Å². The van der Waals surface area contributed by atoms with Gasteiger partial charge < -0.3 is 10.1 Å². The second-order valence-corrected chi connectivity index (χ2v) is 6.75. The van der Waals surface area contributed by atoms with Crippen molar-refractivity contribution in [2.45, 2.75) is 13.3 Å². The summed E-state index contributed by atoms with van der Waals surface area (Å²) >= 11 is 17.4. The zero-order valence-corrected chi connectivity index (χ0v) is 16.0. The Hall–Kier alpha value is -0.920. The molecule has 0 bridgehead atoms. The lowest BCUT2D eigenvalue weighted by Gasteiger charge is -2.26. The lowest BCUT2D eigenvalue weighted by Crippen LogP contribution is -2.39. The van der Waals surface area contributed by atoms with Crippen molar-refractivity contribution in [2.75, 3.05) is 39.4 Å². The van der Waals surface area contributed by atoms with Crippen LogP contribution in [0.1, 0.15) is 18.9 Å². The van der Waals surface area contributed by atoms with Crippen molar-refractivity contribution in [1.82, 2.24) is 15.6 Å². The molecule has 1 saturated heterocycles. The van der Waals surface area contributed by atoms with Crippen molar-refractivity contribution >= 4 is 46.2 Å². The van der Waals surface area contributed by atoms with Gasteiger partial charge in [0.25, 0.3) is 0 Å². The van der Waals surface area contributed by atoms with Crippen LogP contribution in [-0.4, -0.2) is 55.1 Å². The Morgan fingerprint density at radius 3 is 2.83 bits per heavy atom. The average molecular weight is 389 g/mol. The fraction of sp³-hybridized carbons (Fsp3) is 0.500. The highest BCUT2D eigenvalue weighted by Crippen LogP contribution is 2.21. The van der Waals surface area contributed by atoms with E-state index in [1.54, 1.807) is 18.2 Å². The number of hydrogen-bond donors (Lipinski definition) is 2. The van der Waals surface area contributed by atoms with Crippen LogP contribution in [-0.2, 0) is 4.74 Å². The first-order chi connectivity index (χ1) is 11.6. The molecular weight excluding hydrogens is 367 g/mol. The van der Waals surface area contributed by atoms with E-state index in [-0.39, 0.29) is 0 Å². The third-order valence-corrected chi connectivity index (χ3v) is 4.48. The highest BCUT2D eigenvalue weighted by atomic mass is 35.5. The molecule has 0 atom stereocenters. The number of hydrogen-bond acceptors (Lipinski definition) is 4. The van der Waals surface area contributed by atoms with Crippen LogP contribution in [0.25, 0.3) is 0 Å². The number of thiocarbonyl (C=S) groups is 1. The molecular formula is C16H22Cl2N4OS. The van der Waals surface area contributed by atoms with Crippen molar-refractivity contribution < 1.29 is 4.74 Å². The standard InChI is InChI=1S/C16H22Cl2N4OS/c1-12(14-11-13(17)3-4-15(14)18)20-21-16(24)19-5-2-6-22-7-9-23-10-8-22/h3-4,11H,2,5-10H2,1H3,(H2,19,21,24)/b20-12-. The normalized spacial score (nSPS) is 16.0. The van der Waals surface area contributed by atoms with Crippen molar-refractivity contribution in [2.24, 2.45) is 5.10 Å². The Morgan fingerprint density at radius 2 is 2.08 bits per heavy atom. The Balaban J connectivity index is 1.70. The summed E-state index contributed by atoms with van der Waals surface area (Å²) < 4.78 is 5.33. The van der Waals surface area contributed by atoms with Gasteiger partial charge >= 0.3 is 0 Å². The molecule has 2 N–H and O–H groups in total. The molecule has 0 spiro atoms. The van der Waals surface area contributed by atoms with E-state index in [2.05, 4.69) is 20.7 Å². The van der Waals surface area contributed by atoms with E-state index in [0.29, 0.717) is 15.2 Å². The van der Waals surface area contributed by atoms with Gasteiger partial charge in [-0.25, -0.2) is 0 Å². The van der Waals surface area contributed by atoms with Crippen molar-refractivity contribution in [3.8, 4) is 0 Å². The maximum absolute atomic E-state index is 6.15. The second kappa shape index (κ2) is 10.2. The van der Waals surface area contributed by atoms with Gasteiger partial charge in [-0.15, -0.1) is 0 Å². The SMILES string of the molecule is C/C(=N/NC(=S)NCCCN1CCOCC1)c1cc(Cl)ccc1Cl.